The molecule has 4 nitrogen and oxygen atoms in total. The van der Waals surface area contributed by atoms with Gasteiger partial charge in [-0.1, -0.05) is 0 Å². The van der Waals surface area contributed by atoms with Gasteiger partial charge in [0, 0.05) is 43.8 Å². The lowest BCUT2D eigenvalue weighted by atomic mass is 10.1. The monoisotopic (exact) mass is 230 g/mol. The molecule has 0 aliphatic heterocycles. The first-order valence-corrected chi connectivity index (χ1v) is 5.78. The average Bonchev–Trinajstić information content (AvgIpc) is 2.74. The highest BCUT2D eigenvalue weighted by Crippen LogP contribution is 2.12. The van der Waals surface area contributed by atoms with E-state index in [1.807, 2.05) is 42.6 Å². The quantitative estimate of drug-likeness (QED) is 0.873. The summed E-state index contributed by atoms with van der Waals surface area (Å²) in [4.78, 5) is 4.14. The van der Waals surface area contributed by atoms with Crippen molar-refractivity contribution in [3.63, 3.8) is 0 Å². The van der Waals surface area contributed by atoms with Crippen molar-refractivity contribution in [2.45, 2.75) is 26.4 Å². The Kier molecular flexibility index (Phi) is 3.54. The first-order chi connectivity index (χ1) is 8.16. The number of pyridine rings is 1. The molecule has 0 aromatic carbocycles. The van der Waals surface area contributed by atoms with Crippen LogP contribution >= 0.6 is 0 Å². The number of aryl methyl sites for hydroxylation is 2. The smallest absolute Gasteiger partial charge is 0.0537 e. The molecule has 90 valence electrons. The van der Waals surface area contributed by atoms with Crippen LogP contribution in [0, 0.1) is 6.92 Å². The second-order valence-corrected chi connectivity index (χ2v) is 4.35. The minimum atomic E-state index is 0.295. The van der Waals surface area contributed by atoms with Crippen LogP contribution in [0.25, 0.3) is 0 Å². The standard InChI is InChI=1S/C13H18N4/c1-10-4-5-14-6-12(10)7-15-11(2)13-8-16-17(3)9-13/h4-6,8-9,11,15H,7H2,1-3H3. The highest BCUT2D eigenvalue weighted by molar-refractivity contribution is 5.21. The molecule has 0 amide bonds. The topological polar surface area (TPSA) is 42.7 Å². The Hall–Kier alpha value is -1.68. The van der Waals surface area contributed by atoms with E-state index in [1.165, 1.54) is 16.7 Å². The van der Waals surface area contributed by atoms with E-state index in [9.17, 15) is 0 Å². The van der Waals surface area contributed by atoms with Crippen molar-refractivity contribution >= 4 is 0 Å². The van der Waals surface area contributed by atoms with E-state index in [0.717, 1.165) is 6.54 Å². The van der Waals surface area contributed by atoms with Crippen LogP contribution in [-0.2, 0) is 13.6 Å². The van der Waals surface area contributed by atoms with E-state index in [4.69, 9.17) is 0 Å². The zero-order chi connectivity index (χ0) is 12.3. The van der Waals surface area contributed by atoms with Gasteiger partial charge in [0.1, 0.15) is 0 Å². The van der Waals surface area contributed by atoms with Gasteiger partial charge in [0.15, 0.2) is 0 Å². The minimum absolute atomic E-state index is 0.295. The van der Waals surface area contributed by atoms with Gasteiger partial charge in [-0.05, 0) is 31.0 Å². The van der Waals surface area contributed by atoms with Crippen LogP contribution in [0.2, 0.25) is 0 Å². The maximum atomic E-state index is 4.17. The summed E-state index contributed by atoms with van der Waals surface area (Å²) >= 11 is 0. The first-order valence-electron chi connectivity index (χ1n) is 5.78. The summed E-state index contributed by atoms with van der Waals surface area (Å²) < 4.78 is 1.82. The van der Waals surface area contributed by atoms with Crippen molar-refractivity contribution in [1.29, 1.82) is 0 Å². The lowest BCUT2D eigenvalue weighted by molar-refractivity contribution is 0.572. The molecule has 0 radical (unpaired) electrons. The van der Waals surface area contributed by atoms with Gasteiger partial charge >= 0.3 is 0 Å². The Labute approximate surface area is 102 Å². The number of aromatic nitrogens is 3. The van der Waals surface area contributed by atoms with Gasteiger partial charge in [0.05, 0.1) is 6.20 Å². The van der Waals surface area contributed by atoms with Crippen LogP contribution in [0.4, 0.5) is 0 Å². The number of nitrogens with one attached hydrogen (secondary N) is 1. The van der Waals surface area contributed by atoms with Crippen molar-refractivity contribution < 1.29 is 0 Å². The third kappa shape index (κ3) is 2.91. The zero-order valence-corrected chi connectivity index (χ0v) is 10.5. The summed E-state index contributed by atoms with van der Waals surface area (Å²) in [5.41, 5.74) is 3.71. The van der Waals surface area contributed by atoms with E-state index in [-0.39, 0.29) is 0 Å². The summed E-state index contributed by atoms with van der Waals surface area (Å²) in [6, 6.07) is 2.33. The van der Waals surface area contributed by atoms with Crippen molar-refractivity contribution in [3.8, 4) is 0 Å². The van der Waals surface area contributed by atoms with Crippen molar-refractivity contribution in [3.05, 3.63) is 47.5 Å². The first kappa shape index (κ1) is 11.8. The fourth-order valence-electron chi connectivity index (χ4n) is 1.73. The molecule has 2 aromatic rings. The molecule has 2 heterocycles. The average molecular weight is 230 g/mol. The predicted octanol–water partition coefficient (Wildman–Crippen LogP) is 1.97. The molecule has 2 aromatic heterocycles. The molecule has 17 heavy (non-hydrogen) atoms. The SMILES string of the molecule is Cc1ccncc1CNC(C)c1cnn(C)c1. The van der Waals surface area contributed by atoms with Crippen LogP contribution < -0.4 is 5.32 Å². The van der Waals surface area contributed by atoms with E-state index in [0.29, 0.717) is 6.04 Å². The van der Waals surface area contributed by atoms with Gasteiger partial charge in [-0.15, -0.1) is 0 Å². The molecular weight excluding hydrogens is 212 g/mol. The molecule has 0 spiro atoms. The fraction of sp³-hybridized carbons (Fsp3) is 0.385. The molecule has 2 rings (SSSR count). The van der Waals surface area contributed by atoms with E-state index < -0.39 is 0 Å². The van der Waals surface area contributed by atoms with Crippen LogP contribution in [0.5, 0.6) is 0 Å². The second kappa shape index (κ2) is 5.10. The summed E-state index contributed by atoms with van der Waals surface area (Å²) in [5, 5.41) is 7.65. The summed E-state index contributed by atoms with van der Waals surface area (Å²) in [6.45, 7) is 5.08. The van der Waals surface area contributed by atoms with E-state index in [1.54, 1.807) is 0 Å². The van der Waals surface area contributed by atoms with Gasteiger partial charge in [0.2, 0.25) is 0 Å². The maximum absolute atomic E-state index is 4.17. The van der Waals surface area contributed by atoms with E-state index in [2.05, 4.69) is 29.2 Å². The van der Waals surface area contributed by atoms with Gasteiger partial charge < -0.3 is 5.32 Å². The normalized spacial score (nSPS) is 12.6. The predicted molar refractivity (Wildman–Crippen MR) is 67.4 cm³/mol. The molecule has 1 atom stereocenters. The van der Waals surface area contributed by atoms with Crippen molar-refractivity contribution in [2.75, 3.05) is 0 Å². The Morgan fingerprint density at radius 2 is 2.24 bits per heavy atom. The van der Waals surface area contributed by atoms with Crippen molar-refractivity contribution in [2.24, 2.45) is 7.05 Å². The minimum Gasteiger partial charge on any atom is -0.306 e. The molecule has 1 N–H and O–H groups in total. The molecule has 0 aliphatic rings. The lowest BCUT2D eigenvalue weighted by Gasteiger charge is -2.12. The van der Waals surface area contributed by atoms with Gasteiger partial charge in [-0.2, -0.15) is 5.10 Å². The van der Waals surface area contributed by atoms with Crippen LogP contribution in [0.1, 0.15) is 29.7 Å². The molecule has 0 saturated heterocycles. The molecular formula is C13H18N4. The Bertz CT molecular complexity index is 490. The van der Waals surface area contributed by atoms with E-state index >= 15 is 0 Å². The second-order valence-electron chi connectivity index (χ2n) is 4.35. The number of nitrogens with zero attached hydrogens (tertiary/aromatic N) is 3. The third-order valence-corrected chi connectivity index (χ3v) is 2.97. The molecule has 0 bridgehead atoms. The number of hydrogen-bond donors (Lipinski definition) is 1. The molecule has 0 saturated carbocycles. The highest BCUT2D eigenvalue weighted by atomic mass is 15.2. The Balaban J connectivity index is 1.97. The highest BCUT2D eigenvalue weighted by Gasteiger charge is 2.07. The Morgan fingerprint density at radius 1 is 1.41 bits per heavy atom. The number of rotatable bonds is 4. The lowest BCUT2D eigenvalue weighted by Crippen LogP contribution is -2.18. The van der Waals surface area contributed by atoms with Crippen molar-refractivity contribution in [1.82, 2.24) is 20.1 Å². The molecule has 4 heteroatoms. The van der Waals surface area contributed by atoms with Gasteiger partial charge in [-0.3, -0.25) is 9.67 Å². The Morgan fingerprint density at radius 3 is 2.88 bits per heavy atom. The largest absolute Gasteiger partial charge is 0.306 e. The van der Waals surface area contributed by atoms with Gasteiger partial charge in [-0.25, -0.2) is 0 Å². The molecule has 1 unspecified atom stereocenters. The van der Waals surface area contributed by atoms with Gasteiger partial charge in [0.25, 0.3) is 0 Å². The molecule has 0 fully saturated rings. The van der Waals surface area contributed by atoms with Crippen LogP contribution in [0.3, 0.4) is 0 Å². The summed E-state index contributed by atoms with van der Waals surface area (Å²) in [7, 11) is 1.93. The molecule has 0 aliphatic carbocycles. The third-order valence-electron chi connectivity index (χ3n) is 2.97. The summed E-state index contributed by atoms with van der Waals surface area (Å²) in [5.74, 6) is 0. The summed E-state index contributed by atoms with van der Waals surface area (Å²) in [6.07, 6.45) is 7.67. The zero-order valence-electron chi connectivity index (χ0n) is 10.5. The van der Waals surface area contributed by atoms with Crippen LogP contribution in [0.15, 0.2) is 30.9 Å². The fourth-order valence-corrected chi connectivity index (χ4v) is 1.73. The maximum Gasteiger partial charge on any atom is 0.0537 e. The number of hydrogen-bond acceptors (Lipinski definition) is 3. The van der Waals surface area contributed by atoms with Crippen LogP contribution in [-0.4, -0.2) is 14.8 Å².